The van der Waals surface area contributed by atoms with Crippen molar-refractivity contribution in [3.63, 3.8) is 0 Å². The predicted molar refractivity (Wildman–Crippen MR) is 35.0 cm³/mol. The fourth-order valence-electron chi connectivity index (χ4n) is 0.423. The fourth-order valence-corrected chi connectivity index (χ4v) is 1.27. The Balaban J connectivity index is 2.45. The van der Waals surface area contributed by atoms with E-state index in [1.807, 2.05) is 0 Å². The predicted octanol–water partition coefficient (Wildman–Crippen LogP) is 0.749. The second-order valence-corrected chi connectivity index (χ2v) is 3.25. The molecule has 0 aromatic heterocycles. The van der Waals surface area contributed by atoms with Crippen LogP contribution in [0.2, 0.25) is 6.04 Å². The van der Waals surface area contributed by atoms with Gasteiger partial charge in [0.15, 0.2) is 9.76 Å². The van der Waals surface area contributed by atoms with Gasteiger partial charge in [0.1, 0.15) is 0 Å². The summed E-state index contributed by atoms with van der Waals surface area (Å²) in [7, 11) is 1.66. The first-order valence-electron chi connectivity index (χ1n) is 2.70. The Kier molecular flexibility index (Phi) is 6.33. The van der Waals surface area contributed by atoms with Crippen LogP contribution in [0, 0.1) is 6.92 Å². The maximum Gasteiger partial charge on any atom is 0.161 e. The molecule has 0 rings (SSSR count). The van der Waals surface area contributed by atoms with Crippen LogP contribution in [0.3, 0.4) is 0 Å². The molecule has 0 aromatic carbocycles. The molecule has 0 unspecified atom stereocenters. The molecule has 7 heavy (non-hydrogen) atoms. The minimum Gasteiger partial charge on any atom is -0.427 e. The Morgan fingerprint density at radius 3 is 2.86 bits per heavy atom. The smallest absolute Gasteiger partial charge is 0.161 e. The third-order valence-electron chi connectivity index (χ3n) is 0.848. The SMILES string of the molecule is [CH2]CCC[SiH2]OC. The molecule has 0 saturated heterocycles. The molecule has 0 N–H and O–H groups in total. The normalized spacial score (nSPS) is 11.1. The van der Waals surface area contributed by atoms with Crippen LogP contribution in [-0.2, 0) is 4.43 Å². The van der Waals surface area contributed by atoms with Gasteiger partial charge in [0.05, 0.1) is 0 Å². The highest BCUT2D eigenvalue weighted by Gasteiger charge is 1.81. The summed E-state index contributed by atoms with van der Waals surface area (Å²) in [5.74, 6) is 0. The van der Waals surface area contributed by atoms with Crippen LogP contribution in [0.25, 0.3) is 0 Å². The van der Waals surface area contributed by atoms with Gasteiger partial charge in [-0.2, -0.15) is 0 Å². The first kappa shape index (κ1) is 7.18. The van der Waals surface area contributed by atoms with Gasteiger partial charge in [0, 0.05) is 7.11 Å². The van der Waals surface area contributed by atoms with E-state index in [-0.39, 0.29) is 9.76 Å². The molecule has 0 fully saturated rings. The zero-order valence-corrected chi connectivity index (χ0v) is 6.36. The van der Waals surface area contributed by atoms with Crippen molar-refractivity contribution in [2.24, 2.45) is 0 Å². The van der Waals surface area contributed by atoms with Gasteiger partial charge in [-0.15, -0.1) is 0 Å². The molecular weight excluding hydrogens is 104 g/mol. The topological polar surface area (TPSA) is 9.23 Å². The average Bonchev–Trinajstić information content (AvgIpc) is 1.69. The van der Waals surface area contributed by atoms with Crippen molar-refractivity contribution < 1.29 is 4.43 Å². The van der Waals surface area contributed by atoms with Crippen LogP contribution in [0.4, 0.5) is 0 Å². The molecule has 43 valence electrons. The van der Waals surface area contributed by atoms with E-state index in [0.29, 0.717) is 0 Å². The summed E-state index contributed by atoms with van der Waals surface area (Å²) >= 11 is 0. The van der Waals surface area contributed by atoms with Crippen LogP contribution in [0.15, 0.2) is 0 Å². The first-order chi connectivity index (χ1) is 3.41. The molecule has 0 atom stereocenters. The minimum absolute atomic E-state index is 0.129. The molecule has 0 aliphatic carbocycles. The number of rotatable bonds is 4. The molecule has 0 spiro atoms. The van der Waals surface area contributed by atoms with Crippen molar-refractivity contribution in [2.75, 3.05) is 7.11 Å². The van der Waals surface area contributed by atoms with Crippen LogP contribution < -0.4 is 0 Å². The highest BCUT2D eigenvalue weighted by molar-refractivity contribution is 6.26. The molecule has 0 aliphatic heterocycles. The second-order valence-electron chi connectivity index (χ2n) is 1.55. The van der Waals surface area contributed by atoms with Crippen molar-refractivity contribution in [1.29, 1.82) is 0 Å². The minimum atomic E-state index is -0.129. The molecule has 0 aliphatic rings. The van der Waals surface area contributed by atoms with Gasteiger partial charge < -0.3 is 4.43 Å². The van der Waals surface area contributed by atoms with E-state index in [1.165, 1.54) is 12.5 Å². The van der Waals surface area contributed by atoms with Crippen molar-refractivity contribution in [1.82, 2.24) is 0 Å². The Morgan fingerprint density at radius 2 is 2.43 bits per heavy atom. The highest BCUT2D eigenvalue weighted by atomic mass is 28.2. The van der Waals surface area contributed by atoms with Crippen molar-refractivity contribution in [3.05, 3.63) is 6.92 Å². The van der Waals surface area contributed by atoms with E-state index >= 15 is 0 Å². The van der Waals surface area contributed by atoms with Crippen LogP contribution >= 0.6 is 0 Å². The van der Waals surface area contributed by atoms with Gasteiger partial charge in [0.2, 0.25) is 0 Å². The summed E-state index contributed by atoms with van der Waals surface area (Å²) in [5, 5.41) is 0. The standard InChI is InChI=1S/C5H13OSi/c1-3-4-5-7-6-2/h1,3-5,7H2,2H3. The van der Waals surface area contributed by atoms with Gasteiger partial charge in [0.25, 0.3) is 0 Å². The summed E-state index contributed by atoms with van der Waals surface area (Å²) in [5.41, 5.74) is 0. The second kappa shape index (κ2) is 6.18. The zero-order chi connectivity index (χ0) is 5.54. The molecule has 0 bridgehead atoms. The lowest BCUT2D eigenvalue weighted by Gasteiger charge is -1.91. The third-order valence-corrected chi connectivity index (χ3v) is 2.05. The van der Waals surface area contributed by atoms with Crippen LogP contribution in [-0.4, -0.2) is 16.9 Å². The molecule has 0 aromatic rings. The number of hydrogen-bond donors (Lipinski definition) is 0. The van der Waals surface area contributed by atoms with Gasteiger partial charge in [-0.1, -0.05) is 19.8 Å². The quantitative estimate of drug-likeness (QED) is 0.390. The highest BCUT2D eigenvalue weighted by Crippen LogP contribution is 1.91. The summed E-state index contributed by atoms with van der Waals surface area (Å²) in [6.45, 7) is 3.72. The van der Waals surface area contributed by atoms with E-state index in [2.05, 4.69) is 6.92 Å². The lowest BCUT2D eigenvalue weighted by Crippen LogP contribution is -1.90. The molecule has 0 saturated carbocycles. The molecular formula is C5H13OSi. The monoisotopic (exact) mass is 117 g/mol. The van der Waals surface area contributed by atoms with Crippen LogP contribution in [0.1, 0.15) is 12.8 Å². The average molecular weight is 117 g/mol. The Labute approximate surface area is 48.0 Å². The van der Waals surface area contributed by atoms with E-state index < -0.39 is 0 Å². The molecule has 0 heterocycles. The molecule has 2 heteroatoms. The Hall–Kier alpha value is 0.177. The maximum atomic E-state index is 4.96. The zero-order valence-electron chi connectivity index (χ0n) is 4.94. The van der Waals surface area contributed by atoms with Crippen molar-refractivity contribution in [2.45, 2.75) is 18.9 Å². The van der Waals surface area contributed by atoms with Crippen LogP contribution in [0.5, 0.6) is 0 Å². The van der Waals surface area contributed by atoms with Gasteiger partial charge in [-0.05, 0) is 6.04 Å². The first-order valence-corrected chi connectivity index (χ1v) is 4.27. The lowest BCUT2D eigenvalue weighted by molar-refractivity contribution is 0.439. The Bertz CT molecular complexity index is 27.3. The summed E-state index contributed by atoms with van der Waals surface area (Å²) in [4.78, 5) is 0. The van der Waals surface area contributed by atoms with Gasteiger partial charge in [-0.3, -0.25) is 0 Å². The summed E-state index contributed by atoms with van der Waals surface area (Å²) in [6, 6.07) is 1.29. The van der Waals surface area contributed by atoms with E-state index in [1.54, 1.807) is 7.11 Å². The largest absolute Gasteiger partial charge is 0.427 e. The molecule has 1 radical (unpaired) electrons. The fraction of sp³-hybridized carbons (Fsp3) is 0.800. The van der Waals surface area contributed by atoms with Crippen molar-refractivity contribution in [3.8, 4) is 0 Å². The van der Waals surface area contributed by atoms with Crippen molar-refractivity contribution >= 4 is 9.76 Å². The molecule has 0 amide bonds. The van der Waals surface area contributed by atoms with E-state index in [4.69, 9.17) is 4.43 Å². The number of unbranched alkanes of at least 4 members (excludes halogenated alkanes) is 1. The number of hydrogen-bond acceptors (Lipinski definition) is 1. The maximum absolute atomic E-state index is 4.96. The van der Waals surface area contributed by atoms with Gasteiger partial charge in [-0.25, -0.2) is 0 Å². The third kappa shape index (κ3) is 6.18. The van der Waals surface area contributed by atoms with Gasteiger partial charge >= 0.3 is 0 Å². The van der Waals surface area contributed by atoms with E-state index in [0.717, 1.165) is 6.42 Å². The summed E-state index contributed by atoms with van der Waals surface area (Å²) in [6.07, 6.45) is 2.32. The lowest BCUT2D eigenvalue weighted by atomic mass is 10.4. The molecule has 1 nitrogen and oxygen atoms in total. The Morgan fingerprint density at radius 1 is 1.71 bits per heavy atom. The summed E-state index contributed by atoms with van der Waals surface area (Å²) < 4.78 is 4.96. The van der Waals surface area contributed by atoms with E-state index in [9.17, 15) is 0 Å².